The van der Waals surface area contributed by atoms with E-state index in [0.717, 1.165) is 10.2 Å². The molecule has 98 valence electrons. The van der Waals surface area contributed by atoms with Crippen LogP contribution in [0.25, 0.3) is 10.2 Å². The van der Waals surface area contributed by atoms with Gasteiger partial charge in [0.25, 0.3) is 0 Å². The first-order valence-electron chi connectivity index (χ1n) is 5.26. The molecule has 6 nitrogen and oxygen atoms in total. The molecule has 2 N–H and O–H groups in total. The first kappa shape index (κ1) is 13.1. The molecule has 0 atom stereocenters. The van der Waals surface area contributed by atoms with E-state index in [1.54, 1.807) is 26.2 Å². The van der Waals surface area contributed by atoms with Crippen molar-refractivity contribution in [1.82, 2.24) is 9.71 Å². The SMILES string of the molecule is CCNS(=O)(=O)Nc1nc2ccc(OC)cc2s1. The number of methoxy groups -OCH3 is 1. The van der Waals surface area contributed by atoms with Crippen molar-refractivity contribution in [2.45, 2.75) is 6.92 Å². The summed E-state index contributed by atoms with van der Waals surface area (Å²) in [7, 11) is -1.95. The fraction of sp³-hybridized carbons (Fsp3) is 0.300. The van der Waals surface area contributed by atoms with Gasteiger partial charge < -0.3 is 4.74 Å². The fourth-order valence-electron chi connectivity index (χ4n) is 1.42. The molecule has 2 rings (SSSR count). The Morgan fingerprint density at radius 3 is 2.89 bits per heavy atom. The number of hydrogen-bond donors (Lipinski definition) is 2. The largest absolute Gasteiger partial charge is 0.497 e. The summed E-state index contributed by atoms with van der Waals surface area (Å²) in [4.78, 5) is 4.19. The van der Waals surface area contributed by atoms with Gasteiger partial charge in [-0.3, -0.25) is 0 Å². The lowest BCUT2D eigenvalue weighted by Gasteiger charge is -2.03. The molecule has 0 saturated heterocycles. The van der Waals surface area contributed by atoms with Crippen molar-refractivity contribution in [1.29, 1.82) is 0 Å². The van der Waals surface area contributed by atoms with Gasteiger partial charge in [-0.05, 0) is 18.2 Å². The molecule has 0 aliphatic rings. The van der Waals surface area contributed by atoms with Crippen LogP contribution in [0.15, 0.2) is 18.2 Å². The maximum absolute atomic E-state index is 11.5. The Morgan fingerprint density at radius 2 is 2.22 bits per heavy atom. The third-order valence-electron chi connectivity index (χ3n) is 2.15. The summed E-state index contributed by atoms with van der Waals surface area (Å²) in [6.07, 6.45) is 0. The van der Waals surface area contributed by atoms with Crippen LogP contribution in [0.1, 0.15) is 6.92 Å². The van der Waals surface area contributed by atoms with Gasteiger partial charge in [-0.15, -0.1) is 0 Å². The van der Waals surface area contributed by atoms with Crippen LogP contribution < -0.4 is 14.2 Å². The van der Waals surface area contributed by atoms with Gasteiger partial charge in [-0.25, -0.2) is 9.71 Å². The Bertz CT molecular complexity index is 651. The number of aromatic nitrogens is 1. The van der Waals surface area contributed by atoms with Crippen LogP contribution in [-0.4, -0.2) is 27.1 Å². The molecule has 1 heterocycles. The van der Waals surface area contributed by atoms with Gasteiger partial charge in [0.1, 0.15) is 5.75 Å². The standard InChI is InChI=1S/C10H13N3O3S2/c1-3-11-18(14,15)13-10-12-8-5-4-7(16-2)6-9(8)17-10/h4-6,11H,3H2,1-2H3,(H,12,13). The molecule has 8 heteroatoms. The Labute approximate surface area is 109 Å². The van der Waals surface area contributed by atoms with Gasteiger partial charge in [0, 0.05) is 6.54 Å². The van der Waals surface area contributed by atoms with Gasteiger partial charge in [-0.1, -0.05) is 18.3 Å². The minimum atomic E-state index is -3.53. The van der Waals surface area contributed by atoms with Crippen LogP contribution in [0.3, 0.4) is 0 Å². The zero-order chi connectivity index (χ0) is 13.2. The van der Waals surface area contributed by atoms with Crippen LogP contribution in [0, 0.1) is 0 Å². The zero-order valence-corrected chi connectivity index (χ0v) is 11.6. The molecule has 0 amide bonds. The van der Waals surface area contributed by atoms with Gasteiger partial charge in [0.15, 0.2) is 5.13 Å². The topological polar surface area (TPSA) is 80.3 Å². The van der Waals surface area contributed by atoms with Gasteiger partial charge in [-0.2, -0.15) is 13.1 Å². The summed E-state index contributed by atoms with van der Waals surface area (Å²) in [6.45, 7) is 2.04. The van der Waals surface area contributed by atoms with Crippen LogP contribution in [0.4, 0.5) is 5.13 Å². The summed E-state index contributed by atoms with van der Waals surface area (Å²) in [5.41, 5.74) is 0.731. The molecule has 0 aliphatic heterocycles. The van der Waals surface area contributed by atoms with E-state index in [1.807, 2.05) is 6.07 Å². The lowest BCUT2D eigenvalue weighted by Crippen LogP contribution is -2.29. The predicted molar refractivity (Wildman–Crippen MR) is 72.4 cm³/mol. The van der Waals surface area contributed by atoms with Crippen molar-refractivity contribution in [3.63, 3.8) is 0 Å². The Morgan fingerprint density at radius 1 is 1.44 bits per heavy atom. The first-order valence-corrected chi connectivity index (χ1v) is 7.56. The fourth-order valence-corrected chi connectivity index (χ4v) is 3.39. The van der Waals surface area contributed by atoms with Crippen LogP contribution in [-0.2, 0) is 10.2 Å². The summed E-state index contributed by atoms with van der Waals surface area (Å²) in [6, 6.07) is 5.39. The smallest absolute Gasteiger partial charge is 0.300 e. The lowest BCUT2D eigenvalue weighted by molar-refractivity contribution is 0.415. The monoisotopic (exact) mass is 287 g/mol. The second kappa shape index (κ2) is 5.09. The van der Waals surface area contributed by atoms with E-state index >= 15 is 0 Å². The molecule has 1 aromatic heterocycles. The number of hydrogen-bond acceptors (Lipinski definition) is 5. The number of benzene rings is 1. The maximum Gasteiger partial charge on any atom is 0.300 e. The molecular weight excluding hydrogens is 274 g/mol. The van der Waals surface area contributed by atoms with E-state index in [-0.39, 0.29) is 0 Å². The van der Waals surface area contributed by atoms with Crippen molar-refractivity contribution in [3.05, 3.63) is 18.2 Å². The quantitative estimate of drug-likeness (QED) is 0.874. The third-order valence-corrected chi connectivity index (χ3v) is 4.35. The Kier molecular flexibility index (Phi) is 3.69. The molecule has 2 aromatic rings. The third kappa shape index (κ3) is 2.89. The minimum Gasteiger partial charge on any atom is -0.497 e. The molecule has 1 aromatic carbocycles. The van der Waals surface area contributed by atoms with E-state index in [1.165, 1.54) is 11.3 Å². The molecule has 0 radical (unpaired) electrons. The second-order valence-electron chi connectivity index (χ2n) is 3.46. The molecule has 0 bridgehead atoms. The lowest BCUT2D eigenvalue weighted by atomic mass is 10.3. The summed E-state index contributed by atoms with van der Waals surface area (Å²) in [5.74, 6) is 0.715. The number of thiazole rings is 1. The van der Waals surface area contributed by atoms with Crippen molar-refractivity contribution >= 4 is 36.9 Å². The van der Waals surface area contributed by atoms with Crippen LogP contribution >= 0.6 is 11.3 Å². The molecule has 0 spiro atoms. The summed E-state index contributed by atoms with van der Waals surface area (Å²) in [5, 5.41) is 0.333. The average molecular weight is 287 g/mol. The van der Waals surface area contributed by atoms with E-state index in [9.17, 15) is 8.42 Å². The molecule has 0 aliphatic carbocycles. The molecular formula is C10H13N3O3S2. The van der Waals surface area contributed by atoms with Gasteiger partial charge >= 0.3 is 10.2 Å². The number of rotatable bonds is 5. The van der Waals surface area contributed by atoms with Crippen molar-refractivity contribution in [3.8, 4) is 5.75 Å². The molecule has 0 unspecified atom stereocenters. The average Bonchev–Trinajstić information content (AvgIpc) is 2.68. The maximum atomic E-state index is 11.5. The number of fused-ring (bicyclic) bond motifs is 1. The van der Waals surface area contributed by atoms with Crippen LogP contribution in [0.5, 0.6) is 5.75 Å². The highest BCUT2D eigenvalue weighted by Gasteiger charge is 2.12. The first-order chi connectivity index (χ1) is 8.54. The second-order valence-corrected chi connectivity index (χ2v) is 5.99. The van der Waals surface area contributed by atoms with E-state index < -0.39 is 10.2 Å². The normalized spacial score (nSPS) is 11.7. The van der Waals surface area contributed by atoms with E-state index in [4.69, 9.17) is 4.74 Å². The van der Waals surface area contributed by atoms with E-state index in [0.29, 0.717) is 17.4 Å². The number of nitrogens with one attached hydrogen (secondary N) is 2. The highest BCUT2D eigenvalue weighted by Crippen LogP contribution is 2.29. The number of nitrogens with zero attached hydrogens (tertiary/aromatic N) is 1. The van der Waals surface area contributed by atoms with Crippen molar-refractivity contribution in [2.24, 2.45) is 0 Å². The zero-order valence-electron chi connectivity index (χ0n) is 9.93. The van der Waals surface area contributed by atoms with Crippen molar-refractivity contribution < 1.29 is 13.2 Å². The highest BCUT2D eigenvalue weighted by molar-refractivity contribution is 7.91. The van der Waals surface area contributed by atoms with Crippen molar-refractivity contribution in [2.75, 3.05) is 18.4 Å². The molecule has 18 heavy (non-hydrogen) atoms. The summed E-state index contributed by atoms with van der Waals surface area (Å²) < 4.78 is 33.7. The van der Waals surface area contributed by atoms with Crippen LogP contribution in [0.2, 0.25) is 0 Å². The van der Waals surface area contributed by atoms with E-state index in [2.05, 4.69) is 14.4 Å². The Hall–Kier alpha value is -1.38. The number of ether oxygens (including phenoxy) is 1. The van der Waals surface area contributed by atoms with Gasteiger partial charge in [0.05, 0.1) is 17.3 Å². The highest BCUT2D eigenvalue weighted by atomic mass is 32.2. The Balaban J connectivity index is 2.30. The minimum absolute atomic E-state index is 0.327. The predicted octanol–water partition coefficient (Wildman–Crippen LogP) is 1.57. The summed E-state index contributed by atoms with van der Waals surface area (Å²) >= 11 is 1.26. The molecule has 0 saturated carbocycles. The number of anilines is 1. The molecule has 0 fully saturated rings. The van der Waals surface area contributed by atoms with Gasteiger partial charge in [0.2, 0.25) is 0 Å².